The molecule has 0 spiro atoms. The van der Waals surface area contributed by atoms with Crippen LogP contribution in [0.25, 0.3) is 0 Å². The zero-order valence-corrected chi connectivity index (χ0v) is 8.11. The lowest BCUT2D eigenvalue weighted by Crippen LogP contribution is -2.29. The van der Waals surface area contributed by atoms with Crippen LogP contribution < -0.4 is 0 Å². The van der Waals surface area contributed by atoms with E-state index in [9.17, 15) is 9.59 Å². The van der Waals surface area contributed by atoms with Crippen LogP contribution in [0.1, 0.15) is 20.8 Å². The molecule has 0 amide bonds. The highest BCUT2D eigenvalue weighted by atomic mass is 16.5. The lowest BCUT2D eigenvalue weighted by molar-refractivity contribution is -0.147. The Morgan fingerprint density at radius 3 is 2.62 bits per heavy atom. The SMILES string of the molecule is CC(=O)OC1C=CC(=O)C1C(C)C. The van der Waals surface area contributed by atoms with Crippen LogP contribution in [-0.2, 0) is 14.3 Å². The van der Waals surface area contributed by atoms with Crippen LogP contribution >= 0.6 is 0 Å². The Morgan fingerprint density at radius 2 is 2.15 bits per heavy atom. The highest BCUT2D eigenvalue weighted by molar-refractivity contribution is 5.95. The van der Waals surface area contributed by atoms with Crippen molar-refractivity contribution in [3.63, 3.8) is 0 Å². The van der Waals surface area contributed by atoms with E-state index in [1.807, 2.05) is 13.8 Å². The van der Waals surface area contributed by atoms with Gasteiger partial charge in [0.1, 0.15) is 6.10 Å². The first-order valence-electron chi connectivity index (χ1n) is 4.41. The summed E-state index contributed by atoms with van der Waals surface area (Å²) in [5.74, 6) is -0.271. The maximum atomic E-state index is 11.3. The number of allylic oxidation sites excluding steroid dienone is 1. The van der Waals surface area contributed by atoms with Gasteiger partial charge in [-0.05, 0) is 18.1 Å². The summed E-state index contributed by atoms with van der Waals surface area (Å²) >= 11 is 0. The summed E-state index contributed by atoms with van der Waals surface area (Å²) in [4.78, 5) is 22.0. The van der Waals surface area contributed by atoms with Crippen LogP contribution in [0.2, 0.25) is 0 Å². The van der Waals surface area contributed by atoms with E-state index in [0.717, 1.165) is 0 Å². The highest BCUT2D eigenvalue weighted by Gasteiger charge is 2.34. The van der Waals surface area contributed by atoms with Crippen LogP contribution in [0.3, 0.4) is 0 Å². The molecule has 0 radical (unpaired) electrons. The van der Waals surface area contributed by atoms with Crippen molar-refractivity contribution in [1.29, 1.82) is 0 Å². The van der Waals surface area contributed by atoms with E-state index in [-0.39, 0.29) is 29.7 Å². The number of ether oxygens (including phenoxy) is 1. The Morgan fingerprint density at radius 1 is 1.54 bits per heavy atom. The van der Waals surface area contributed by atoms with Crippen LogP contribution in [0.5, 0.6) is 0 Å². The summed E-state index contributed by atoms with van der Waals surface area (Å²) in [5, 5.41) is 0. The maximum Gasteiger partial charge on any atom is 0.303 e. The fraction of sp³-hybridized carbons (Fsp3) is 0.600. The Kier molecular flexibility index (Phi) is 2.86. The number of carbonyl (C=O) groups excluding carboxylic acids is 2. The van der Waals surface area contributed by atoms with Gasteiger partial charge in [-0.3, -0.25) is 9.59 Å². The molecule has 1 aliphatic rings. The van der Waals surface area contributed by atoms with Gasteiger partial charge in [0, 0.05) is 6.92 Å². The number of carbonyl (C=O) groups is 2. The van der Waals surface area contributed by atoms with Gasteiger partial charge in [0.25, 0.3) is 0 Å². The lowest BCUT2D eigenvalue weighted by Gasteiger charge is -2.20. The molecular weight excluding hydrogens is 168 g/mol. The van der Waals surface area contributed by atoms with Crippen molar-refractivity contribution >= 4 is 11.8 Å². The third-order valence-corrected chi connectivity index (χ3v) is 2.15. The van der Waals surface area contributed by atoms with Gasteiger partial charge in [0.05, 0.1) is 5.92 Å². The zero-order chi connectivity index (χ0) is 10.0. The molecule has 0 aromatic heterocycles. The summed E-state index contributed by atoms with van der Waals surface area (Å²) < 4.78 is 5.01. The summed E-state index contributed by atoms with van der Waals surface area (Å²) in [6.07, 6.45) is 2.80. The van der Waals surface area contributed by atoms with Gasteiger partial charge in [-0.25, -0.2) is 0 Å². The van der Waals surface area contributed by atoms with Gasteiger partial charge in [-0.1, -0.05) is 13.8 Å². The molecular formula is C10H14O3. The normalized spacial score (nSPS) is 26.9. The molecule has 0 aliphatic heterocycles. The van der Waals surface area contributed by atoms with Crippen molar-refractivity contribution in [3.8, 4) is 0 Å². The van der Waals surface area contributed by atoms with Gasteiger partial charge in [-0.15, -0.1) is 0 Å². The quantitative estimate of drug-likeness (QED) is 0.605. The van der Waals surface area contributed by atoms with E-state index in [1.165, 1.54) is 13.0 Å². The van der Waals surface area contributed by atoms with Crippen molar-refractivity contribution in [2.24, 2.45) is 11.8 Å². The Labute approximate surface area is 77.8 Å². The summed E-state index contributed by atoms with van der Waals surface area (Å²) in [6, 6.07) is 0. The second-order valence-corrected chi connectivity index (χ2v) is 3.61. The second-order valence-electron chi connectivity index (χ2n) is 3.61. The molecule has 0 N–H and O–H groups in total. The topological polar surface area (TPSA) is 43.4 Å². The minimum atomic E-state index is -0.356. The predicted octanol–water partition coefficient (Wildman–Crippen LogP) is 1.33. The van der Waals surface area contributed by atoms with Crippen LogP contribution in [0, 0.1) is 11.8 Å². The fourth-order valence-corrected chi connectivity index (χ4v) is 1.59. The van der Waals surface area contributed by atoms with Crippen LogP contribution in [-0.4, -0.2) is 17.9 Å². The number of ketones is 1. The molecule has 0 saturated heterocycles. The molecule has 0 fully saturated rings. The van der Waals surface area contributed by atoms with Gasteiger partial charge in [0.15, 0.2) is 5.78 Å². The van der Waals surface area contributed by atoms with E-state index < -0.39 is 0 Å². The molecule has 0 aromatic carbocycles. The molecule has 1 rings (SSSR count). The molecule has 3 heteroatoms. The van der Waals surface area contributed by atoms with Crippen molar-refractivity contribution in [3.05, 3.63) is 12.2 Å². The Hall–Kier alpha value is -1.12. The summed E-state index contributed by atoms with van der Waals surface area (Å²) in [6.45, 7) is 5.26. The van der Waals surface area contributed by atoms with Gasteiger partial charge < -0.3 is 4.74 Å². The van der Waals surface area contributed by atoms with Crippen molar-refractivity contribution in [1.82, 2.24) is 0 Å². The van der Waals surface area contributed by atoms with Crippen LogP contribution in [0.4, 0.5) is 0 Å². The number of hydrogen-bond acceptors (Lipinski definition) is 3. The zero-order valence-electron chi connectivity index (χ0n) is 8.11. The van der Waals surface area contributed by atoms with E-state index in [1.54, 1.807) is 6.08 Å². The molecule has 0 heterocycles. The third-order valence-electron chi connectivity index (χ3n) is 2.15. The average molecular weight is 182 g/mol. The molecule has 0 bridgehead atoms. The largest absolute Gasteiger partial charge is 0.458 e. The minimum Gasteiger partial charge on any atom is -0.458 e. The summed E-state index contributed by atoms with van der Waals surface area (Å²) in [5.41, 5.74) is 0. The number of hydrogen-bond donors (Lipinski definition) is 0. The summed E-state index contributed by atoms with van der Waals surface area (Å²) in [7, 11) is 0. The molecule has 72 valence electrons. The molecule has 3 nitrogen and oxygen atoms in total. The molecule has 0 aromatic rings. The Balaban J connectivity index is 2.69. The molecule has 2 atom stereocenters. The molecule has 0 saturated carbocycles. The van der Waals surface area contributed by atoms with Crippen molar-refractivity contribution in [2.75, 3.05) is 0 Å². The van der Waals surface area contributed by atoms with E-state index in [4.69, 9.17) is 4.74 Å². The van der Waals surface area contributed by atoms with Crippen molar-refractivity contribution < 1.29 is 14.3 Å². The third kappa shape index (κ3) is 2.17. The maximum absolute atomic E-state index is 11.3. The van der Waals surface area contributed by atoms with E-state index >= 15 is 0 Å². The van der Waals surface area contributed by atoms with Gasteiger partial charge in [-0.2, -0.15) is 0 Å². The van der Waals surface area contributed by atoms with Gasteiger partial charge >= 0.3 is 5.97 Å². The predicted molar refractivity (Wildman–Crippen MR) is 48.0 cm³/mol. The first-order valence-corrected chi connectivity index (χ1v) is 4.41. The van der Waals surface area contributed by atoms with E-state index in [0.29, 0.717) is 0 Å². The Bertz CT molecular complexity index is 253. The smallest absolute Gasteiger partial charge is 0.303 e. The number of esters is 1. The number of rotatable bonds is 2. The monoisotopic (exact) mass is 182 g/mol. The average Bonchev–Trinajstić information content (AvgIpc) is 2.30. The first-order chi connectivity index (χ1) is 6.02. The minimum absolute atomic E-state index is 0.0567. The molecule has 2 unspecified atom stereocenters. The lowest BCUT2D eigenvalue weighted by atomic mass is 9.91. The first kappa shape index (κ1) is 9.96. The fourth-order valence-electron chi connectivity index (χ4n) is 1.59. The standard InChI is InChI=1S/C10H14O3/c1-6(2)10-8(12)4-5-9(10)13-7(3)11/h4-6,9-10H,1-3H3. The van der Waals surface area contributed by atoms with E-state index in [2.05, 4.69) is 0 Å². The highest BCUT2D eigenvalue weighted by Crippen LogP contribution is 2.25. The van der Waals surface area contributed by atoms with Crippen molar-refractivity contribution in [2.45, 2.75) is 26.9 Å². The molecule has 13 heavy (non-hydrogen) atoms. The second kappa shape index (κ2) is 3.73. The van der Waals surface area contributed by atoms with Gasteiger partial charge in [0.2, 0.25) is 0 Å². The molecule has 1 aliphatic carbocycles. The van der Waals surface area contributed by atoms with Crippen LogP contribution in [0.15, 0.2) is 12.2 Å².